The quantitative estimate of drug-likeness (QED) is 0.556. The van der Waals surface area contributed by atoms with E-state index in [9.17, 15) is 0 Å². The van der Waals surface area contributed by atoms with Crippen molar-refractivity contribution in [2.24, 2.45) is 5.73 Å². The molecule has 2 aromatic rings. The number of aryl methyl sites for hydroxylation is 2. The van der Waals surface area contributed by atoms with E-state index in [0.717, 1.165) is 28.8 Å². The number of allylic oxidation sites excluding steroid dienone is 6. The lowest BCUT2D eigenvalue weighted by Gasteiger charge is -2.03. The highest BCUT2D eigenvalue weighted by Gasteiger charge is 1.96. The van der Waals surface area contributed by atoms with Crippen LogP contribution in [0.1, 0.15) is 48.6 Å². The Labute approximate surface area is 185 Å². The smallest absolute Gasteiger partial charge is 0.0402 e. The summed E-state index contributed by atoms with van der Waals surface area (Å²) in [5.41, 5.74) is 12.3. The van der Waals surface area contributed by atoms with Gasteiger partial charge in [0.2, 0.25) is 0 Å². The third-order valence-corrected chi connectivity index (χ3v) is 4.28. The molecule has 0 spiro atoms. The number of halogens is 1. The summed E-state index contributed by atoms with van der Waals surface area (Å²) in [6.45, 7) is 19.6. The van der Waals surface area contributed by atoms with E-state index in [1.54, 1.807) is 13.0 Å². The van der Waals surface area contributed by atoms with Crippen LogP contribution in [0.4, 0.5) is 4.70 Å². The van der Waals surface area contributed by atoms with Gasteiger partial charge in [-0.25, -0.2) is 0 Å². The normalized spacial score (nSPS) is 10.7. The molecule has 30 heavy (non-hydrogen) atoms. The molecule has 2 rings (SSSR count). The Kier molecular flexibility index (Phi) is 18.3. The van der Waals surface area contributed by atoms with Crippen molar-refractivity contribution >= 4 is 10.8 Å². The molecule has 0 aromatic heterocycles. The van der Waals surface area contributed by atoms with Gasteiger partial charge in [0.05, 0.1) is 0 Å². The fraction of sp³-hybridized carbons (Fsp3) is 0.308. The molecule has 5 N–H and O–H groups in total. The molecule has 4 heteroatoms. The van der Waals surface area contributed by atoms with Gasteiger partial charge in [-0.15, -0.1) is 0 Å². The van der Waals surface area contributed by atoms with Crippen LogP contribution in [0, 0.1) is 6.92 Å². The van der Waals surface area contributed by atoms with Crippen LogP contribution in [0.5, 0.6) is 0 Å². The van der Waals surface area contributed by atoms with Crippen molar-refractivity contribution in [2.45, 2.75) is 48.0 Å². The van der Waals surface area contributed by atoms with E-state index in [2.05, 4.69) is 63.4 Å². The summed E-state index contributed by atoms with van der Waals surface area (Å²) in [6.07, 6.45) is 4.89. The van der Waals surface area contributed by atoms with Crippen LogP contribution in [0.3, 0.4) is 0 Å². The van der Waals surface area contributed by atoms with Gasteiger partial charge in [-0.05, 0) is 74.1 Å². The molecular weight excluding hydrogens is 377 g/mol. The minimum atomic E-state index is 0. The second-order valence-corrected chi connectivity index (χ2v) is 6.75. The molecule has 2 aromatic carbocycles. The van der Waals surface area contributed by atoms with Crippen LogP contribution < -0.4 is 5.73 Å². The van der Waals surface area contributed by atoms with Gasteiger partial charge in [-0.2, -0.15) is 0 Å². The summed E-state index contributed by atoms with van der Waals surface area (Å²) in [5, 5.41) is 10.3. The zero-order valence-corrected chi connectivity index (χ0v) is 19.4. The summed E-state index contributed by atoms with van der Waals surface area (Å²) in [7, 11) is 0. The van der Waals surface area contributed by atoms with Crippen molar-refractivity contribution in [3.05, 3.63) is 95.3 Å². The maximum Gasteiger partial charge on any atom is 0.0402 e. The first kappa shape index (κ1) is 32.0. The highest BCUT2D eigenvalue weighted by atomic mass is 19.0. The Morgan fingerprint density at radius 2 is 1.70 bits per heavy atom. The van der Waals surface area contributed by atoms with Gasteiger partial charge < -0.3 is 16.3 Å². The van der Waals surface area contributed by atoms with Gasteiger partial charge in [0.15, 0.2) is 0 Å². The topological polar surface area (TPSA) is 77.8 Å². The van der Waals surface area contributed by atoms with Gasteiger partial charge >= 0.3 is 0 Å². The molecule has 0 amide bonds. The monoisotopic (exact) mass is 421 g/mol. The Balaban J connectivity index is -0.000000122. The number of hydrogen-bond acceptors (Lipinski definition) is 2. The number of hydrogen-bond donors (Lipinski definition) is 2. The van der Waals surface area contributed by atoms with Crippen LogP contribution >= 0.6 is 0 Å². The third kappa shape index (κ3) is 11.3. The van der Waals surface area contributed by atoms with Gasteiger partial charge in [0.1, 0.15) is 0 Å². The molecule has 172 valence electrons. The number of aliphatic hydroxyl groups excluding tert-OH is 1. The molecule has 0 fully saturated rings. The lowest BCUT2D eigenvalue weighted by molar-refractivity contribution is 0.318. The lowest BCUT2D eigenvalue weighted by Crippen LogP contribution is -1.94. The van der Waals surface area contributed by atoms with Crippen molar-refractivity contribution in [1.29, 1.82) is 0 Å². The summed E-state index contributed by atoms with van der Waals surface area (Å²) < 4.78 is 0. The molecule has 3 nitrogen and oxygen atoms in total. The minimum absolute atomic E-state index is 0. The number of benzene rings is 2. The first-order chi connectivity index (χ1) is 13.2. The minimum Gasteiger partial charge on any atom is -0.412 e. The molecule has 0 aliphatic rings. The predicted molar refractivity (Wildman–Crippen MR) is 137 cm³/mol. The van der Waals surface area contributed by atoms with Crippen molar-refractivity contribution < 1.29 is 18.1 Å². The van der Waals surface area contributed by atoms with Crippen molar-refractivity contribution in [3.63, 3.8) is 0 Å². The Morgan fingerprint density at radius 3 is 2.13 bits per heavy atom. The SMILES string of the molecule is C=C/C(=C/C(C)=C(/C)N)C(=C)C.CCO.CCc1ccc2c(C)cccc2c1.F.O.[HH].[HH]. The van der Waals surface area contributed by atoms with Crippen molar-refractivity contribution in [1.82, 2.24) is 0 Å². The van der Waals surface area contributed by atoms with Crippen LogP contribution in [-0.2, 0) is 6.42 Å². The highest BCUT2D eigenvalue weighted by molar-refractivity contribution is 5.86. The Hall–Kier alpha value is -2.69. The molecule has 0 saturated heterocycles. The Morgan fingerprint density at radius 1 is 1.13 bits per heavy atom. The summed E-state index contributed by atoms with van der Waals surface area (Å²) >= 11 is 0. The Bertz CT molecular complexity index is 858. The molecule has 0 aliphatic heterocycles. The lowest BCUT2D eigenvalue weighted by atomic mass is 10.0. The van der Waals surface area contributed by atoms with Gasteiger partial charge in [0, 0.05) is 15.2 Å². The summed E-state index contributed by atoms with van der Waals surface area (Å²) in [4.78, 5) is 0. The molecular formula is C26H44FNO2. The summed E-state index contributed by atoms with van der Waals surface area (Å²) in [6, 6.07) is 13.2. The van der Waals surface area contributed by atoms with Crippen molar-refractivity contribution in [3.8, 4) is 0 Å². The molecule has 0 unspecified atom stereocenters. The first-order valence-corrected chi connectivity index (χ1v) is 9.73. The number of fused-ring (bicyclic) bond motifs is 1. The van der Waals surface area contributed by atoms with Crippen LogP contribution in [0.2, 0.25) is 0 Å². The number of aliphatic hydroxyl groups is 1. The highest BCUT2D eigenvalue weighted by Crippen LogP contribution is 2.19. The van der Waals surface area contributed by atoms with E-state index in [1.807, 2.05) is 26.8 Å². The maximum absolute atomic E-state index is 7.57. The largest absolute Gasteiger partial charge is 0.412 e. The first-order valence-electron chi connectivity index (χ1n) is 9.73. The van der Waals surface area contributed by atoms with Crippen LogP contribution in [0.15, 0.2) is 84.1 Å². The predicted octanol–water partition coefficient (Wildman–Crippen LogP) is 6.46. The van der Waals surface area contributed by atoms with E-state index < -0.39 is 0 Å². The average Bonchev–Trinajstić information content (AvgIpc) is 2.66. The molecule has 0 aliphatic carbocycles. The van der Waals surface area contributed by atoms with E-state index in [1.165, 1.54) is 21.9 Å². The maximum atomic E-state index is 7.57. The van der Waals surface area contributed by atoms with Crippen molar-refractivity contribution in [2.75, 3.05) is 6.61 Å². The zero-order valence-electron chi connectivity index (χ0n) is 19.4. The van der Waals surface area contributed by atoms with E-state index in [4.69, 9.17) is 10.8 Å². The fourth-order valence-corrected chi connectivity index (χ4v) is 2.42. The second kappa shape index (κ2) is 17.2. The van der Waals surface area contributed by atoms with Gasteiger partial charge in [-0.1, -0.05) is 74.2 Å². The second-order valence-electron chi connectivity index (χ2n) is 6.75. The van der Waals surface area contributed by atoms with E-state index >= 15 is 0 Å². The molecule has 0 heterocycles. The molecule has 0 saturated carbocycles. The average molecular weight is 422 g/mol. The van der Waals surface area contributed by atoms with Crippen LogP contribution in [0.25, 0.3) is 10.8 Å². The zero-order chi connectivity index (χ0) is 21.7. The summed E-state index contributed by atoms with van der Waals surface area (Å²) in [5.74, 6) is 0. The van der Waals surface area contributed by atoms with E-state index in [-0.39, 0.29) is 19.6 Å². The number of rotatable bonds is 4. The fourth-order valence-electron chi connectivity index (χ4n) is 2.42. The standard InChI is InChI=1S/C13H14.C11H17N.C2H6O.FH.H2O.2H2/c1-3-11-7-8-13-10(2)5-4-6-12(13)9-11;1-6-11(8(2)3)7-9(4)10(5)12;1-2-3;;;;/h4-9H,3H2,1-2H3;6-7H,1-2,12H2,3-5H3;3H,2H2,1H3;1H;1H2;2*1H/b;10-9-,11-7-;;;;;. The van der Waals surface area contributed by atoms with Gasteiger partial charge in [0.25, 0.3) is 0 Å². The van der Waals surface area contributed by atoms with Gasteiger partial charge in [-0.3, -0.25) is 4.70 Å². The molecule has 0 bridgehead atoms. The molecule has 0 atom stereocenters. The van der Waals surface area contributed by atoms with Crippen LogP contribution in [-0.4, -0.2) is 17.2 Å². The van der Waals surface area contributed by atoms with E-state index in [0.29, 0.717) is 0 Å². The third-order valence-electron chi connectivity index (χ3n) is 4.28. The molecule has 0 radical (unpaired) electrons. The number of nitrogens with two attached hydrogens (primary N) is 1.